The molecule has 0 aliphatic carbocycles. The number of halogens is 2. The molecule has 1 heterocycles. The molecule has 62 valence electrons. The second-order valence-electron chi connectivity index (χ2n) is 2.39. The van der Waals surface area contributed by atoms with Gasteiger partial charge in [0.1, 0.15) is 0 Å². The van der Waals surface area contributed by atoms with Crippen LogP contribution in [0.25, 0.3) is 10.9 Å². The van der Waals surface area contributed by atoms with Crippen LogP contribution in [-0.2, 0) is 0 Å². The SMILES string of the molecule is O=c1[nH][nH]c2c(Br)cc(Br)cc12. The Kier molecular flexibility index (Phi) is 1.84. The molecule has 5 heteroatoms. The Bertz CT molecular complexity index is 486. The Morgan fingerprint density at radius 1 is 1.17 bits per heavy atom. The van der Waals surface area contributed by atoms with E-state index in [4.69, 9.17) is 0 Å². The standard InChI is InChI=1S/C7H4Br2N2O/c8-3-1-4-6(5(9)2-3)10-11-7(4)12/h1-2H,(H2,10,11,12). The van der Waals surface area contributed by atoms with Crippen LogP contribution in [0.15, 0.2) is 25.9 Å². The van der Waals surface area contributed by atoms with Crippen LogP contribution in [0.4, 0.5) is 0 Å². The molecule has 0 fully saturated rings. The minimum Gasteiger partial charge on any atom is -0.296 e. The largest absolute Gasteiger partial charge is 0.296 e. The summed E-state index contributed by atoms with van der Waals surface area (Å²) in [5.41, 5.74) is 0.690. The molecular formula is C7H4Br2N2O. The van der Waals surface area contributed by atoms with Crippen molar-refractivity contribution in [3.63, 3.8) is 0 Å². The molecule has 0 saturated carbocycles. The van der Waals surface area contributed by atoms with E-state index in [1.54, 1.807) is 6.07 Å². The number of hydrogen-bond acceptors (Lipinski definition) is 1. The lowest BCUT2D eigenvalue weighted by atomic mass is 10.3. The molecule has 2 aromatic rings. The van der Waals surface area contributed by atoms with Crippen LogP contribution in [0, 0.1) is 0 Å². The molecule has 0 radical (unpaired) electrons. The third-order valence-electron chi connectivity index (χ3n) is 1.60. The maximum atomic E-state index is 11.2. The molecule has 0 bridgehead atoms. The first kappa shape index (κ1) is 8.07. The predicted octanol–water partition coefficient (Wildman–Crippen LogP) is 2.38. The lowest BCUT2D eigenvalue weighted by molar-refractivity contribution is 1.08. The Hall–Kier alpha value is -0.550. The van der Waals surface area contributed by atoms with E-state index in [0.717, 1.165) is 14.5 Å². The van der Waals surface area contributed by atoms with E-state index in [9.17, 15) is 4.79 Å². The third-order valence-corrected chi connectivity index (χ3v) is 2.68. The highest BCUT2D eigenvalue weighted by Crippen LogP contribution is 2.24. The molecule has 0 saturated heterocycles. The molecule has 3 nitrogen and oxygen atoms in total. The van der Waals surface area contributed by atoms with Gasteiger partial charge in [-0.05, 0) is 28.1 Å². The molecule has 1 aromatic heterocycles. The quantitative estimate of drug-likeness (QED) is 0.769. The smallest absolute Gasteiger partial charge is 0.271 e. The molecule has 0 aliphatic heterocycles. The summed E-state index contributed by atoms with van der Waals surface area (Å²) in [6, 6.07) is 3.65. The van der Waals surface area contributed by atoms with E-state index >= 15 is 0 Å². The van der Waals surface area contributed by atoms with Crippen LogP contribution in [0.2, 0.25) is 0 Å². The summed E-state index contributed by atoms with van der Waals surface area (Å²) in [6.45, 7) is 0. The van der Waals surface area contributed by atoms with Gasteiger partial charge in [0.15, 0.2) is 0 Å². The lowest BCUT2D eigenvalue weighted by Gasteiger charge is -1.93. The fourth-order valence-electron chi connectivity index (χ4n) is 1.07. The van der Waals surface area contributed by atoms with Crippen LogP contribution < -0.4 is 5.56 Å². The summed E-state index contributed by atoms with van der Waals surface area (Å²) in [5, 5.41) is 5.94. The number of H-pyrrole nitrogens is 2. The summed E-state index contributed by atoms with van der Waals surface area (Å²) >= 11 is 6.65. The van der Waals surface area contributed by atoms with Gasteiger partial charge < -0.3 is 0 Å². The van der Waals surface area contributed by atoms with Gasteiger partial charge in [0, 0.05) is 8.95 Å². The van der Waals surface area contributed by atoms with E-state index in [1.807, 2.05) is 6.07 Å². The van der Waals surface area contributed by atoms with Gasteiger partial charge in [-0.3, -0.25) is 15.0 Å². The van der Waals surface area contributed by atoms with Crippen molar-refractivity contribution in [1.82, 2.24) is 10.2 Å². The molecule has 0 atom stereocenters. The maximum absolute atomic E-state index is 11.2. The number of fused-ring (bicyclic) bond motifs is 1. The average Bonchev–Trinajstić information content (AvgIpc) is 2.33. The zero-order valence-corrected chi connectivity index (χ0v) is 8.99. The number of rotatable bonds is 0. The predicted molar refractivity (Wildman–Crippen MR) is 54.3 cm³/mol. The summed E-state index contributed by atoms with van der Waals surface area (Å²) in [4.78, 5) is 11.2. The van der Waals surface area contributed by atoms with Crippen LogP contribution in [-0.4, -0.2) is 10.2 Å². The molecule has 12 heavy (non-hydrogen) atoms. The van der Waals surface area contributed by atoms with Crippen molar-refractivity contribution in [3.8, 4) is 0 Å². The monoisotopic (exact) mass is 290 g/mol. The van der Waals surface area contributed by atoms with Gasteiger partial charge >= 0.3 is 0 Å². The molecule has 0 aliphatic rings. The van der Waals surface area contributed by atoms with Crippen LogP contribution >= 0.6 is 31.9 Å². The first-order chi connectivity index (χ1) is 5.68. The number of hydrogen-bond donors (Lipinski definition) is 2. The molecule has 1 aromatic carbocycles. The van der Waals surface area contributed by atoms with Gasteiger partial charge in [-0.2, -0.15) is 0 Å². The van der Waals surface area contributed by atoms with Gasteiger partial charge in [-0.1, -0.05) is 15.9 Å². The molecule has 0 amide bonds. The Labute approximate surface area is 84.4 Å². The zero-order chi connectivity index (χ0) is 8.72. The van der Waals surface area contributed by atoms with Crippen molar-refractivity contribution in [1.29, 1.82) is 0 Å². The number of aromatic amines is 2. The topological polar surface area (TPSA) is 48.6 Å². The minimum atomic E-state index is -0.105. The summed E-state index contributed by atoms with van der Waals surface area (Å²) in [6.07, 6.45) is 0. The van der Waals surface area contributed by atoms with Crippen molar-refractivity contribution < 1.29 is 0 Å². The summed E-state index contributed by atoms with van der Waals surface area (Å²) in [7, 11) is 0. The fraction of sp³-hybridized carbons (Fsp3) is 0. The van der Waals surface area contributed by atoms with E-state index in [1.165, 1.54) is 0 Å². The highest BCUT2D eigenvalue weighted by atomic mass is 79.9. The number of benzene rings is 1. The van der Waals surface area contributed by atoms with Gasteiger partial charge in [0.25, 0.3) is 5.56 Å². The lowest BCUT2D eigenvalue weighted by Crippen LogP contribution is -1.96. The molecule has 0 spiro atoms. The fourth-order valence-corrected chi connectivity index (χ4v) is 2.39. The summed E-state index contributed by atoms with van der Waals surface area (Å²) in [5.74, 6) is 0. The first-order valence-electron chi connectivity index (χ1n) is 3.24. The molecular weight excluding hydrogens is 288 g/mol. The second kappa shape index (κ2) is 2.74. The third kappa shape index (κ3) is 1.13. The molecule has 0 unspecified atom stereocenters. The Morgan fingerprint density at radius 3 is 2.67 bits per heavy atom. The van der Waals surface area contributed by atoms with Crippen LogP contribution in [0.5, 0.6) is 0 Å². The maximum Gasteiger partial charge on any atom is 0.271 e. The van der Waals surface area contributed by atoms with Crippen molar-refractivity contribution in [2.45, 2.75) is 0 Å². The number of nitrogens with one attached hydrogen (secondary N) is 2. The second-order valence-corrected chi connectivity index (χ2v) is 4.16. The van der Waals surface area contributed by atoms with Crippen molar-refractivity contribution >= 4 is 42.8 Å². The Balaban J connectivity index is 3.02. The van der Waals surface area contributed by atoms with Gasteiger partial charge in [-0.25, -0.2) is 0 Å². The average molecular weight is 292 g/mol. The Morgan fingerprint density at radius 2 is 1.92 bits per heavy atom. The highest BCUT2D eigenvalue weighted by Gasteiger charge is 2.04. The van der Waals surface area contributed by atoms with Gasteiger partial charge in [-0.15, -0.1) is 0 Å². The normalized spacial score (nSPS) is 10.8. The van der Waals surface area contributed by atoms with Gasteiger partial charge in [0.05, 0.1) is 10.9 Å². The van der Waals surface area contributed by atoms with E-state index in [0.29, 0.717) is 5.39 Å². The van der Waals surface area contributed by atoms with Crippen molar-refractivity contribution in [2.75, 3.05) is 0 Å². The first-order valence-corrected chi connectivity index (χ1v) is 4.82. The van der Waals surface area contributed by atoms with Crippen molar-refractivity contribution in [3.05, 3.63) is 31.4 Å². The van der Waals surface area contributed by atoms with Crippen molar-refractivity contribution in [2.24, 2.45) is 0 Å². The molecule has 2 rings (SSSR count). The highest BCUT2D eigenvalue weighted by molar-refractivity contribution is 9.11. The van der Waals surface area contributed by atoms with Crippen LogP contribution in [0.3, 0.4) is 0 Å². The van der Waals surface area contributed by atoms with E-state index < -0.39 is 0 Å². The van der Waals surface area contributed by atoms with E-state index in [-0.39, 0.29) is 5.56 Å². The number of aromatic nitrogens is 2. The zero-order valence-electron chi connectivity index (χ0n) is 5.82. The molecule has 2 N–H and O–H groups in total. The minimum absolute atomic E-state index is 0.105. The summed E-state index contributed by atoms with van der Waals surface area (Å²) < 4.78 is 1.75. The van der Waals surface area contributed by atoms with Crippen LogP contribution in [0.1, 0.15) is 0 Å². The van der Waals surface area contributed by atoms with E-state index in [2.05, 4.69) is 42.1 Å². The van der Waals surface area contributed by atoms with Gasteiger partial charge in [0.2, 0.25) is 0 Å².